The van der Waals surface area contributed by atoms with E-state index in [0.717, 1.165) is 10.5 Å². The third kappa shape index (κ3) is 6.13. The standard InChI is InChI=1S/C29H37N5O6/c1-17-9-12-19(15-23(17)40-5)30-26(36)18-10-13-20(14-11-18)34-25-21(7-6-8-22(25)32-27(34)37)31-24(35)16-33(28(38)39)29(2,3)4/h6-9,12,15,18,20H,10-11,13-14,16H2,1-5H3,(H,30,36)(H,31,35)(H,32,37)(H,38,39). The molecule has 40 heavy (non-hydrogen) atoms. The number of amides is 3. The molecule has 0 bridgehead atoms. The number of methoxy groups -OCH3 is 1. The van der Waals surface area contributed by atoms with Crippen LogP contribution >= 0.6 is 0 Å². The van der Waals surface area contributed by atoms with E-state index >= 15 is 0 Å². The van der Waals surface area contributed by atoms with Crippen LogP contribution < -0.4 is 21.1 Å². The summed E-state index contributed by atoms with van der Waals surface area (Å²) >= 11 is 0. The zero-order valence-corrected chi connectivity index (χ0v) is 23.5. The molecular weight excluding hydrogens is 514 g/mol. The minimum atomic E-state index is -1.19. The molecule has 0 radical (unpaired) electrons. The number of imidazole rings is 1. The largest absolute Gasteiger partial charge is 0.496 e. The summed E-state index contributed by atoms with van der Waals surface area (Å²) in [6.07, 6.45) is 1.24. The van der Waals surface area contributed by atoms with Gasteiger partial charge in [-0.1, -0.05) is 12.1 Å². The van der Waals surface area contributed by atoms with Crippen LogP contribution in [0.25, 0.3) is 11.0 Å². The molecule has 4 N–H and O–H groups in total. The molecule has 4 rings (SSSR count). The van der Waals surface area contributed by atoms with Crippen molar-refractivity contribution in [2.75, 3.05) is 24.3 Å². The first-order chi connectivity index (χ1) is 18.9. The molecule has 1 saturated carbocycles. The highest BCUT2D eigenvalue weighted by Crippen LogP contribution is 2.35. The SMILES string of the molecule is COc1cc(NC(=O)C2CCC(n3c(=O)[nH]c4cccc(NC(=O)CN(C(=O)O)C(C)(C)C)c43)CC2)ccc1C. The Morgan fingerprint density at radius 2 is 1.80 bits per heavy atom. The van der Waals surface area contributed by atoms with E-state index in [9.17, 15) is 24.3 Å². The second-order valence-electron chi connectivity index (χ2n) is 11.3. The number of carbonyl (C=O) groups excluding carboxylic acids is 2. The van der Waals surface area contributed by atoms with Crippen molar-refractivity contribution in [3.63, 3.8) is 0 Å². The molecule has 1 fully saturated rings. The highest BCUT2D eigenvalue weighted by atomic mass is 16.5. The van der Waals surface area contributed by atoms with Crippen LogP contribution in [0.3, 0.4) is 0 Å². The number of nitrogens with one attached hydrogen (secondary N) is 3. The van der Waals surface area contributed by atoms with Crippen molar-refractivity contribution >= 4 is 40.3 Å². The van der Waals surface area contributed by atoms with Gasteiger partial charge >= 0.3 is 11.8 Å². The second kappa shape index (κ2) is 11.4. The van der Waals surface area contributed by atoms with Gasteiger partial charge in [0.05, 0.1) is 23.8 Å². The number of H-pyrrole nitrogens is 1. The molecule has 0 unspecified atom stereocenters. The van der Waals surface area contributed by atoms with E-state index in [1.807, 2.05) is 19.1 Å². The minimum Gasteiger partial charge on any atom is -0.496 e. The lowest BCUT2D eigenvalue weighted by molar-refractivity contribution is -0.121. The number of fused-ring (bicyclic) bond motifs is 1. The predicted molar refractivity (Wildman–Crippen MR) is 153 cm³/mol. The van der Waals surface area contributed by atoms with E-state index in [4.69, 9.17) is 4.74 Å². The molecule has 0 saturated heterocycles. The molecule has 1 aliphatic rings. The summed E-state index contributed by atoms with van der Waals surface area (Å²) in [5.41, 5.74) is 2.15. The summed E-state index contributed by atoms with van der Waals surface area (Å²) < 4.78 is 7.01. The van der Waals surface area contributed by atoms with Crippen molar-refractivity contribution < 1.29 is 24.2 Å². The van der Waals surface area contributed by atoms with Crippen LogP contribution in [0.2, 0.25) is 0 Å². The van der Waals surface area contributed by atoms with Gasteiger partial charge < -0.3 is 25.5 Å². The number of anilines is 2. The van der Waals surface area contributed by atoms with Crippen LogP contribution in [0, 0.1) is 12.8 Å². The summed E-state index contributed by atoms with van der Waals surface area (Å²) in [6.45, 7) is 6.73. The highest BCUT2D eigenvalue weighted by Gasteiger charge is 2.31. The Morgan fingerprint density at radius 1 is 1.10 bits per heavy atom. The van der Waals surface area contributed by atoms with Gasteiger partial charge in [-0.2, -0.15) is 0 Å². The molecular formula is C29H37N5O6. The lowest BCUT2D eigenvalue weighted by atomic mass is 9.85. The van der Waals surface area contributed by atoms with Crippen LogP contribution in [0.4, 0.5) is 16.2 Å². The fraction of sp³-hybridized carbons (Fsp3) is 0.448. The number of ether oxygens (including phenoxy) is 1. The van der Waals surface area contributed by atoms with Gasteiger partial charge in [0, 0.05) is 29.3 Å². The number of rotatable bonds is 7. The molecule has 2 aromatic carbocycles. The van der Waals surface area contributed by atoms with Crippen molar-refractivity contribution in [1.82, 2.24) is 14.5 Å². The smallest absolute Gasteiger partial charge is 0.408 e. The number of carboxylic acid groups (broad SMARTS) is 1. The first-order valence-corrected chi connectivity index (χ1v) is 13.4. The number of aromatic nitrogens is 2. The van der Waals surface area contributed by atoms with Gasteiger partial charge in [-0.15, -0.1) is 0 Å². The van der Waals surface area contributed by atoms with Crippen LogP contribution in [-0.4, -0.2) is 56.7 Å². The number of aromatic amines is 1. The molecule has 3 amide bonds. The zero-order valence-electron chi connectivity index (χ0n) is 23.5. The number of hydrogen-bond donors (Lipinski definition) is 4. The van der Waals surface area contributed by atoms with E-state index in [-0.39, 0.29) is 30.1 Å². The first kappa shape index (κ1) is 28.7. The molecule has 0 atom stereocenters. The van der Waals surface area contributed by atoms with E-state index < -0.39 is 17.5 Å². The summed E-state index contributed by atoms with van der Waals surface area (Å²) in [5, 5.41) is 15.3. The number of hydrogen-bond acceptors (Lipinski definition) is 5. The van der Waals surface area contributed by atoms with Gasteiger partial charge in [0.15, 0.2) is 0 Å². The third-order valence-electron chi connectivity index (χ3n) is 7.46. The Bertz CT molecular complexity index is 1480. The van der Waals surface area contributed by atoms with Gasteiger partial charge in [-0.25, -0.2) is 9.59 Å². The van der Waals surface area contributed by atoms with E-state index in [2.05, 4.69) is 15.6 Å². The van der Waals surface area contributed by atoms with Crippen LogP contribution in [-0.2, 0) is 9.59 Å². The van der Waals surface area contributed by atoms with Crippen molar-refractivity contribution in [1.29, 1.82) is 0 Å². The van der Waals surface area contributed by atoms with Crippen LogP contribution in [0.15, 0.2) is 41.2 Å². The van der Waals surface area contributed by atoms with E-state index in [1.54, 1.807) is 56.7 Å². The Kier molecular flexibility index (Phi) is 8.22. The molecule has 0 spiro atoms. The average molecular weight is 552 g/mol. The summed E-state index contributed by atoms with van der Waals surface area (Å²) in [6, 6.07) is 10.6. The summed E-state index contributed by atoms with van der Waals surface area (Å²) in [5.74, 6) is -0.0521. The van der Waals surface area contributed by atoms with Crippen molar-refractivity contribution in [2.24, 2.45) is 5.92 Å². The molecule has 0 aliphatic heterocycles. The predicted octanol–water partition coefficient (Wildman–Crippen LogP) is 4.73. The van der Waals surface area contributed by atoms with Gasteiger partial charge in [-0.05, 0) is 77.1 Å². The maximum absolute atomic E-state index is 13.0. The van der Waals surface area contributed by atoms with Crippen molar-refractivity contribution in [2.45, 2.75) is 65.0 Å². The van der Waals surface area contributed by atoms with Crippen LogP contribution in [0.1, 0.15) is 58.1 Å². The van der Waals surface area contributed by atoms with Gasteiger partial charge in [0.2, 0.25) is 11.8 Å². The number of para-hydroxylation sites is 1. The van der Waals surface area contributed by atoms with E-state index in [1.165, 1.54) is 0 Å². The molecule has 214 valence electrons. The minimum absolute atomic E-state index is 0.0644. The number of benzene rings is 2. The quantitative estimate of drug-likeness (QED) is 0.334. The molecule has 1 aromatic heterocycles. The average Bonchev–Trinajstić information content (AvgIpc) is 3.24. The number of nitrogens with zero attached hydrogens (tertiary/aromatic N) is 2. The molecule has 11 nitrogen and oxygen atoms in total. The van der Waals surface area contributed by atoms with Gasteiger partial charge in [0.25, 0.3) is 0 Å². The lowest BCUT2D eigenvalue weighted by Gasteiger charge is -2.32. The Morgan fingerprint density at radius 3 is 2.42 bits per heavy atom. The number of aryl methyl sites for hydroxylation is 1. The summed E-state index contributed by atoms with van der Waals surface area (Å²) in [7, 11) is 1.59. The monoisotopic (exact) mass is 551 g/mol. The summed E-state index contributed by atoms with van der Waals surface area (Å²) in [4.78, 5) is 54.5. The maximum Gasteiger partial charge on any atom is 0.408 e. The fourth-order valence-electron chi connectivity index (χ4n) is 5.29. The highest BCUT2D eigenvalue weighted by molar-refractivity contribution is 6.01. The second-order valence-corrected chi connectivity index (χ2v) is 11.3. The third-order valence-corrected chi connectivity index (χ3v) is 7.46. The van der Waals surface area contributed by atoms with Gasteiger partial charge in [0.1, 0.15) is 12.3 Å². The number of carbonyl (C=O) groups is 3. The fourth-order valence-corrected chi connectivity index (χ4v) is 5.29. The molecule has 1 heterocycles. The van der Waals surface area contributed by atoms with E-state index in [0.29, 0.717) is 53.8 Å². The first-order valence-electron chi connectivity index (χ1n) is 13.4. The van der Waals surface area contributed by atoms with Crippen molar-refractivity contribution in [3.05, 3.63) is 52.4 Å². The van der Waals surface area contributed by atoms with Crippen molar-refractivity contribution in [3.8, 4) is 5.75 Å². The van der Waals surface area contributed by atoms with Gasteiger partial charge in [-0.3, -0.25) is 19.1 Å². The Balaban J connectivity index is 1.49. The zero-order chi connectivity index (χ0) is 29.2. The molecule has 11 heteroatoms. The van der Waals surface area contributed by atoms with Crippen LogP contribution in [0.5, 0.6) is 5.75 Å². The maximum atomic E-state index is 13.0. The Labute approximate surface area is 232 Å². The lowest BCUT2D eigenvalue weighted by Crippen LogP contribution is -2.48. The Hall–Kier alpha value is -4.28. The topological polar surface area (TPSA) is 146 Å². The molecule has 3 aromatic rings. The molecule has 1 aliphatic carbocycles. The normalized spacial score (nSPS) is 17.3.